The molecule has 0 radical (unpaired) electrons. The zero-order valence-corrected chi connectivity index (χ0v) is 18.6. The molecule has 0 saturated carbocycles. The molecular formula is C23H30N2O2S. The third kappa shape index (κ3) is 4.46. The molecule has 0 aliphatic rings. The molecule has 0 saturated heterocycles. The van der Waals surface area contributed by atoms with Gasteiger partial charge in [-0.3, -0.25) is 0 Å². The molecule has 0 spiro atoms. The zero-order chi connectivity index (χ0) is 20.3. The third-order valence-electron chi connectivity index (χ3n) is 4.68. The summed E-state index contributed by atoms with van der Waals surface area (Å²) in [6.07, 6.45) is 2.98. The van der Waals surface area contributed by atoms with Crippen molar-refractivity contribution in [1.82, 2.24) is 10.2 Å². The van der Waals surface area contributed by atoms with Crippen LogP contribution in [0, 0.1) is 19.8 Å². The summed E-state index contributed by atoms with van der Waals surface area (Å²) in [6, 6.07) is 6.34. The van der Waals surface area contributed by atoms with Gasteiger partial charge in [-0.25, -0.2) is 0 Å². The molecule has 0 N–H and O–H groups in total. The van der Waals surface area contributed by atoms with E-state index < -0.39 is 0 Å². The molecule has 2 heterocycles. The second kappa shape index (κ2) is 8.91. The Bertz CT molecular complexity index is 940. The van der Waals surface area contributed by atoms with Crippen molar-refractivity contribution in [3.05, 3.63) is 39.8 Å². The Morgan fingerprint density at radius 1 is 1.04 bits per heavy atom. The van der Waals surface area contributed by atoms with Gasteiger partial charge in [0.1, 0.15) is 5.75 Å². The lowest BCUT2D eigenvalue weighted by Crippen LogP contribution is -2.01. The van der Waals surface area contributed by atoms with Crippen LogP contribution in [0.25, 0.3) is 22.2 Å². The van der Waals surface area contributed by atoms with E-state index in [1.54, 1.807) is 11.3 Å². The first-order valence-electron chi connectivity index (χ1n) is 10.1. The van der Waals surface area contributed by atoms with Crippen LogP contribution in [0.3, 0.4) is 0 Å². The van der Waals surface area contributed by atoms with Crippen molar-refractivity contribution >= 4 is 11.3 Å². The molecule has 2 aromatic heterocycles. The van der Waals surface area contributed by atoms with Crippen molar-refractivity contribution in [2.75, 3.05) is 6.61 Å². The third-order valence-corrected chi connectivity index (χ3v) is 5.93. The molecule has 0 unspecified atom stereocenters. The second-order valence-electron chi connectivity index (χ2n) is 7.71. The predicted molar refractivity (Wildman–Crippen MR) is 116 cm³/mol. The van der Waals surface area contributed by atoms with Gasteiger partial charge in [-0.15, -0.1) is 21.5 Å². The molecule has 4 nitrogen and oxygen atoms in total. The van der Waals surface area contributed by atoms with Crippen LogP contribution in [-0.2, 0) is 12.8 Å². The minimum Gasteiger partial charge on any atom is -0.493 e. The molecule has 1 aromatic carbocycles. The van der Waals surface area contributed by atoms with Gasteiger partial charge in [-0.05, 0) is 73.9 Å². The lowest BCUT2D eigenvalue weighted by molar-refractivity contribution is 0.312. The molecule has 0 atom stereocenters. The van der Waals surface area contributed by atoms with E-state index in [0.717, 1.165) is 47.6 Å². The molecule has 3 aromatic rings. The van der Waals surface area contributed by atoms with Gasteiger partial charge >= 0.3 is 0 Å². The minimum atomic E-state index is 0.561. The molecule has 3 rings (SSSR count). The van der Waals surface area contributed by atoms with Gasteiger partial charge in [-0.1, -0.05) is 27.7 Å². The van der Waals surface area contributed by atoms with Gasteiger partial charge in [0.15, 0.2) is 0 Å². The van der Waals surface area contributed by atoms with E-state index in [9.17, 15) is 0 Å². The average Bonchev–Trinajstić information content (AvgIpc) is 3.27. The van der Waals surface area contributed by atoms with Crippen LogP contribution in [0.15, 0.2) is 22.6 Å². The summed E-state index contributed by atoms with van der Waals surface area (Å²) in [5, 5.41) is 8.64. The van der Waals surface area contributed by atoms with E-state index in [1.807, 2.05) is 0 Å². The zero-order valence-electron chi connectivity index (χ0n) is 17.8. The maximum absolute atomic E-state index is 6.05. The van der Waals surface area contributed by atoms with E-state index in [-0.39, 0.29) is 0 Å². The molecule has 0 aliphatic carbocycles. The molecule has 0 fully saturated rings. The van der Waals surface area contributed by atoms with Crippen molar-refractivity contribution in [2.45, 2.75) is 60.8 Å². The standard InChI is InChI=1S/C23H30N2O2S/c1-7-9-26-21-16(6)11-18(13-17(21)8-2)22-24-25-23(27-22)20-12-15(5)19(28-20)10-14(3)4/h11-14H,7-10H2,1-6H3. The summed E-state index contributed by atoms with van der Waals surface area (Å²) < 4.78 is 12.0. The van der Waals surface area contributed by atoms with Crippen LogP contribution in [0.5, 0.6) is 5.75 Å². The summed E-state index contributed by atoms with van der Waals surface area (Å²) >= 11 is 1.76. The number of aromatic nitrogens is 2. The normalized spacial score (nSPS) is 11.4. The van der Waals surface area contributed by atoms with E-state index in [2.05, 4.69) is 69.9 Å². The SMILES string of the molecule is CCCOc1c(C)cc(-c2nnc(-c3cc(C)c(CC(C)C)s3)o2)cc1CC. The van der Waals surface area contributed by atoms with Crippen LogP contribution < -0.4 is 4.74 Å². The first-order chi connectivity index (χ1) is 13.4. The first-order valence-corrected chi connectivity index (χ1v) is 10.9. The van der Waals surface area contributed by atoms with Gasteiger partial charge in [0.2, 0.25) is 5.89 Å². The smallest absolute Gasteiger partial charge is 0.258 e. The fourth-order valence-corrected chi connectivity index (χ4v) is 4.59. The number of ether oxygens (including phenoxy) is 1. The van der Waals surface area contributed by atoms with Gasteiger partial charge in [-0.2, -0.15) is 0 Å². The highest BCUT2D eigenvalue weighted by molar-refractivity contribution is 7.15. The topological polar surface area (TPSA) is 48.2 Å². The van der Waals surface area contributed by atoms with E-state index in [1.165, 1.54) is 16.0 Å². The molecule has 0 bridgehead atoms. The maximum atomic E-state index is 6.05. The average molecular weight is 399 g/mol. The van der Waals surface area contributed by atoms with Gasteiger partial charge in [0, 0.05) is 10.4 Å². The molecular weight excluding hydrogens is 368 g/mol. The number of hydrogen-bond donors (Lipinski definition) is 0. The molecule has 0 amide bonds. The summed E-state index contributed by atoms with van der Waals surface area (Å²) in [7, 11) is 0. The Hall–Kier alpha value is -2.14. The molecule has 150 valence electrons. The lowest BCUT2D eigenvalue weighted by Gasteiger charge is -2.14. The maximum Gasteiger partial charge on any atom is 0.258 e. The summed E-state index contributed by atoms with van der Waals surface area (Å²) in [6.45, 7) is 13.7. The van der Waals surface area contributed by atoms with Gasteiger partial charge in [0.25, 0.3) is 5.89 Å². The summed E-state index contributed by atoms with van der Waals surface area (Å²) in [4.78, 5) is 2.44. The Kier molecular flexibility index (Phi) is 6.55. The second-order valence-corrected chi connectivity index (χ2v) is 8.85. The number of aryl methyl sites for hydroxylation is 3. The predicted octanol–water partition coefficient (Wildman–Crippen LogP) is 6.63. The first kappa shape index (κ1) is 20.6. The fraction of sp³-hybridized carbons (Fsp3) is 0.478. The lowest BCUT2D eigenvalue weighted by atomic mass is 10.0. The molecule has 0 aliphatic heterocycles. The van der Waals surface area contributed by atoms with E-state index in [0.29, 0.717) is 17.7 Å². The quantitative estimate of drug-likeness (QED) is 0.427. The largest absolute Gasteiger partial charge is 0.493 e. The van der Waals surface area contributed by atoms with Gasteiger partial charge in [0.05, 0.1) is 11.5 Å². The number of hydrogen-bond acceptors (Lipinski definition) is 5. The Labute approximate surface area is 172 Å². The Morgan fingerprint density at radius 2 is 1.79 bits per heavy atom. The highest BCUT2D eigenvalue weighted by atomic mass is 32.1. The van der Waals surface area contributed by atoms with E-state index >= 15 is 0 Å². The van der Waals surface area contributed by atoms with Crippen LogP contribution >= 0.6 is 11.3 Å². The van der Waals surface area contributed by atoms with Crippen molar-refractivity contribution in [3.8, 4) is 28.0 Å². The fourth-order valence-electron chi connectivity index (χ4n) is 3.28. The monoisotopic (exact) mass is 398 g/mol. The van der Waals surface area contributed by atoms with Crippen LogP contribution in [-0.4, -0.2) is 16.8 Å². The minimum absolute atomic E-state index is 0.561. The Morgan fingerprint density at radius 3 is 2.46 bits per heavy atom. The highest BCUT2D eigenvalue weighted by Crippen LogP contribution is 2.35. The van der Waals surface area contributed by atoms with Crippen LogP contribution in [0.1, 0.15) is 55.7 Å². The van der Waals surface area contributed by atoms with Crippen LogP contribution in [0.4, 0.5) is 0 Å². The van der Waals surface area contributed by atoms with E-state index in [4.69, 9.17) is 9.15 Å². The number of benzene rings is 1. The summed E-state index contributed by atoms with van der Waals surface area (Å²) in [5.41, 5.74) is 4.53. The van der Waals surface area contributed by atoms with Crippen molar-refractivity contribution < 1.29 is 9.15 Å². The summed E-state index contributed by atoms with van der Waals surface area (Å²) in [5.74, 6) is 2.78. The molecule has 28 heavy (non-hydrogen) atoms. The van der Waals surface area contributed by atoms with Crippen molar-refractivity contribution in [1.29, 1.82) is 0 Å². The van der Waals surface area contributed by atoms with Crippen molar-refractivity contribution in [2.24, 2.45) is 5.92 Å². The highest BCUT2D eigenvalue weighted by Gasteiger charge is 2.17. The number of nitrogens with zero attached hydrogens (tertiary/aromatic N) is 2. The van der Waals surface area contributed by atoms with Gasteiger partial charge < -0.3 is 9.15 Å². The number of rotatable bonds is 8. The Balaban J connectivity index is 1.91. The molecule has 5 heteroatoms. The van der Waals surface area contributed by atoms with Crippen LogP contribution in [0.2, 0.25) is 0 Å². The van der Waals surface area contributed by atoms with Crippen molar-refractivity contribution in [3.63, 3.8) is 0 Å². The number of thiophene rings is 1.